The molecule has 0 bridgehead atoms. The average Bonchev–Trinajstić information content (AvgIpc) is 2.45. The second kappa shape index (κ2) is 6.09. The van der Waals surface area contributed by atoms with Crippen LogP contribution in [0.4, 0.5) is 23.2 Å². The number of anilines is 1. The molecule has 0 aliphatic carbocycles. The van der Waals surface area contributed by atoms with Gasteiger partial charge >= 0.3 is 0 Å². The van der Waals surface area contributed by atoms with Crippen LogP contribution in [0.3, 0.4) is 0 Å². The van der Waals surface area contributed by atoms with E-state index in [1.54, 1.807) is 24.3 Å². The van der Waals surface area contributed by atoms with Crippen molar-refractivity contribution in [1.82, 2.24) is 4.98 Å². The minimum atomic E-state index is -1.76. The van der Waals surface area contributed by atoms with E-state index in [-0.39, 0.29) is 5.71 Å². The molecular weight excluding hydrogens is 310 g/mol. The van der Waals surface area contributed by atoms with Crippen molar-refractivity contribution in [2.45, 2.75) is 6.92 Å². The molecule has 0 fully saturated rings. The molecule has 0 atom stereocenters. The standard InChI is InChI=1S/C13H8ClF4N3/c1-6(7-4-2-3-5-8(7)14)20-21-11-9(15)12(17)19-13(18)10(11)16/h2-5H,1H3,(H,19,21)/b20-6+. The molecule has 0 unspecified atom stereocenters. The van der Waals surface area contributed by atoms with E-state index in [1.807, 2.05) is 5.43 Å². The maximum atomic E-state index is 13.4. The monoisotopic (exact) mass is 317 g/mol. The van der Waals surface area contributed by atoms with E-state index in [9.17, 15) is 17.6 Å². The van der Waals surface area contributed by atoms with Gasteiger partial charge in [-0.05, 0) is 13.0 Å². The molecule has 0 aliphatic rings. The maximum Gasteiger partial charge on any atom is 0.254 e. The summed E-state index contributed by atoms with van der Waals surface area (Å²) in [6.07, 6.45) is 0. The third-order valence-corrected chi connectivity index (χ3v) is 2.93. The predicted octanol–water partition coefficient (Wildman–Crippen LogP) is 4.13. The average molecular weight is 318 g/mol. The number of aromatic nitrogens is 1. The summed E-state index contributed by atoms with van der Waals surface area (Å²) in [6.45, 7) is 1.51. The lowest BCUT2D eigenvalue weighted by atomic mass is 10.1. The summed E-state index contributed by atoms with van der Waals surface area (Å²) in [4.78, 5) is 2.44. The first-order valence-electron chi connectivity index (χ1n) is 5.67. The van der Waals surface area contributed by atoms with Crippen molar-refractivity contribution in [1.29, 1.82) is 0 Å². The number of benzene rings is 1. The Morgan fingerprint density at radius 2 is 1.67 bits per heavy atom. The molecule has 1 aromatic heterocycles. The number of halogens is 5. The van der Waals surface area contributed by atoms with E-state index < -0.39 is 29.2 Å². The Kier molecular flexibility index (Phi) is 4.42. The number of rotatable bonds is 3. The van der Waals surface area contributed by atoms with Crippen LogP contribution >= 0.6 is 11.6 Å². The topological polar surface area (TPSA) is 37.3 Å². The van der Waals surface area contributed by atoms with Crippen molar-refractivity contribution in [3.63, 3.8) is 0 Å². The van der Waals surface area contributed by atoms with Crippen LogP contribution in [0.2, 0.25) is 5.02 Å². The van der Waals surface area contributed by atoms with Crippen molar-refractivity contribution in [2.75, 3.05) is 5.43 Å². The van der Waals surface area contributed by atoms with E-state index in [4.69, 9.17) is 11.6 Å². The summed E-state index contributed by atoms with van der Waals surface area (Å²) in [5.41, 5.74) is 1.66. The summed E-state index contributed by atoms with van der Waals surface area (Å²) >= 11 is 5.93. The van der Waals surface area contributed by atoms with Crippen molar-refractivity contribution in [3.8, 4) is 0 Å². The second-order valence-electron chi connectivity index (χ2n) is 3.99. The summed E-state index contributed by atoms with van der Waals surface area (Å²) in [7, 11) is 0. The minimum absolute atomic E-state index is 0.275. The van der Waals surface area contributed by atoms with Crippen molar-refractivity contribution >= 4 is 23.0 Å². The molecule has 0 amide bonds. The zero-order valence-corrected chi connectivity index (χ0v) is 11.3. The fraction of sp³-hybridized carbons (Fsp3) is 0.0769. The molecule has 0 aliphatic heterocycles. The first-order chi connectivity index (χ1) is 9.91. The van der Waals surface area contributed by atoms with Crippen LogP contribution in [0.15, 0.2) is 29.4 Å². The van der Waals surface area contributed by atoms with Crippen LogP contribution < -0.4 is 5.43 Å². The van der Waals surface area contributed by atoms with Gasteiger partial charge in [0.15, 0.2) is 0 Å². The SMILES string of the molecule is C/C(=N\Nc1c(F)c(F)nc(F)c1F)c1ccccc1Cl. The molecule has 1 aromatic carbocycles. The number of pyridine rings is 1. The normalized spacial score (nSPS) is 11.6. The molecule has 1 heterocycles. The van der Waals surface area contributed by atoms with E-state index >= 15 is 0 Å². The number of nitrogens with zero attached hydrogens (tertiary/aromatic N) is 2. The van der Waals surface area contributed by atoms with Gasteiger partial charge in [-0.25, -0.2) is 0 Å². The van der Waals surface area contributed by atoms with Gasteiger partial charge in [0.05, 0.1) is 5.71 Å². The Hall–Kier alpha value is -2.15. The summed E-state index contributed by atoms with van der Waals surface area (Å²) in [5.74, 6) is -6.85. The highest BCUT2D eigenvalue weighted by atomic mass is 35.5. The van der Waals surface area contributed by atoms with Gasteiger partial charge in [-0.3, -0.25) is 5.43 Å². The smallest absolute Gasteiger partial charge is 0.254 e. The van der Waals surface area contributed by atoms with Crippen molar-refractivity contribution in [3.05, 3.63) is 58.4 Å². The van der Waals surface area contributed by atoms with E-state index in [0.29, 0.717) is 10.6 Å². The van der Waals surface area contributed by atoms with E-state index in [1.165, 1.54) is 6.92 Å². The fourth-order valence-corrected chi connectivity index (χ4v) is 1.81. The van der Waals surface area contributed by atoms with Gasteiger partial charge in [-0.15, -0.1) is 0 Å². The summed E-state index contributed by atoms with van der Waals surface area (Å²) in [5, 5.41) is 4.04. The van der Waals surface area contributed by atoms with Crippen LogP contribution in [0, 0.1) is 23.5 Å². The van der Waals surface area contributed by atoms with Crippen molar-refractivity contribution in [2.24, 2.45) is 5.10 Å². The predicted molar refractivity (Wildman–Crippen MR) is 71.4 cm³/mol. The quantitative estimate of drug-likeness (QED) is 0.400. The highest BCUT2D eigenvalue weighted by Crippen LogP contribution is 2.22. The van der Waals surface area contributed by atoms with Gasteiger partial charge in [0.25, 0.3) is 11.9 Å². The molecule has 21 heavy (non-hydrogen) atoms. The molecule has 8 heteroatoms. The van der Waals surface area contributed by atoms with Gasteiger partial charge in [-0.1, -0.05) is 29.8 Å². The molecular formula is C13H8ClF4N3. The molecule has 2 aromatic rings. The minimum Gasteiger partial charge on any atom is -0.272 e. The molecule has 0 spiro atoms. The Bertz CT molecular complexity index is 693. The lowest BCUT2D eigenvalue weighted by Crippen LogP contribution is -2.08. The van der Waals surface area contributed by atoms with Crippen LogP contribution in [0.25, 0.3) is 0 Å². The highest BCUT2D eigenvalue weighted by Gasteiger charge is 2.20. The van der Waals surface area contributed by atoms with Gasteiger partial charge in [0, 0.05) is 10.6 Å². The second-order valence-corrected chi connectivity index (χ2v) is 4.39. The first kappa shape index (κ1) is 15.2. The number of nitrogens with one attached hydrogen (secondary N) is 1. The molecule has 0 saturated carbocycles. The van der Waals surface area contributed by atoms with E-state index in [2.05, 4.69) is 10.1 Å². The Morgan fingerprint density at radius 1 is 1.10 bits per heavy atom. The zero-order chi connectivity index (χ0) is 15.6. The lowest BCUT2D eigenvalue weighted by molar-refractivity contribution is 0.411. The molecule has 0 radical (unpaired) electrons. The number of hydrogen-bond acceptors (Lipinski definition) is 3. The maximum absolute atomic E-state index is 13.4. The van der Waals surface area contributed by atoms with Crippen LogP contribution in [-0.2, 0) is 0 Å². The summed E-state index contributed by atoms with van der Waals surface area (Å²) in [6, 6.07) is 6.61. The largest absolute Gasteiger partial charge is 0.272 e. The van der Waals surface area contributed by atoms with Crippen LogP contribution in [-0.4, -0.2) is 10.7 Å². The lowest BCUT2D eigenvalue weighted by Gasteiger charge is -2.07. The number of hydrazone groups is 1. The molecule has 1 N–H and O–H groups in total. The Balaban J connectivity index is 2.36. The zero-order valence-electron chi connectivity index (χ0n) is 10.6. The third-order valence-electron chi connectivity index (χ3n) is 2.60. The van der Waals surface area contributed by atoms with E-state index in [0.717, 1.165) is 0 Å². The van der Waals surface area contributed by atoms with Gasteiger partial charge in [-0.2, -0.15) is 27.6 Å². The third kappa shape index (κ3) is 3.13. The van der Waals surface area contributed by atoms with Crippen LogP contribution in [0.1, 0.15) is 12.5 Å². The highest BCUT2D eigenvalue weighted by molar-refractivity contribution is 6.34. The van der Waals surface area contributed by atoms with Crippen molar-refractivity contribution < 1.29 is 17.6 Å². The Morgan fingerprint density at radius 3 is 2.24 bits per heavy atom. The summed E-state index contributed by atoms with van der Waals surface area (Å²) < 4.78 is 52.6. The molecule has 110 valence electrons. The molecule has 0 saturated heterocycles. The molecule has 3 nitrogen and oxygen atoms in total. The van der Waals surface area contributed by atoms with Crippen LogP contribution in [0.5, 0.6) is 0 Å². The fourth-order valence-electron chi connectivity index (χ4n) is 1.54. The van der Waals surface area contributed by atoms with Gasteiger partial charge in [0.2, 0.25) is 11.6 Å². The number of hydrogen-bond donors (Lipinski definition) is 1. The Labute approximate surface area is 122 Å². The van der Waals surface area contributed by atoms with Gasteiger partial charge < -0.3 is 0 Å². The first-order valence-corrected chi connectivity index (χ1v) is 6.04. The molecule has 2 rings (SSSR count). The van der Waals surface area contributed by atoms with Gasteiger partial charge in [0.1, 0.15) is 5.69 Å².